The highest BCUT2D eigenvalue weighted by Crippen LogP contribution is 2.37. The minimum Gasteiger partial charge on any atom is -0.351 e. The van der Waals surface area contributed by atoms with Crippen LogP contribution in [0.25, 0.3) is 10.9 Å². The standard InChI is InChI=1S/C26H32ClN3OS/c1-3-20-7-4-5-15-30(20)16-6-14-28-26(31)24-25(32-21-11-9-19(27)10-12-21)22-13-8-18(2)17-23(22)29-24/h8-13,17,20,29H,3-7,14-16H2,1-2H3,(H,28,31)/t20-/m1/s1. The molecule has 0 aliphatic carbocycles. The van der Waals surface area contributed by atoms with Crippen LogP contribution in [0.15, 0.2) is 52.3 Å². The molecule has 1 aliphatic rings. The predicted octanol–water partition coefficient (Wildman–Crippen LogP) is 6.67. The van der Waals surface area contributed by atoms with Crippen LogP contribution in [0, 0.1) is 6.92 Å². The molecule has 0 spiro atoms. The maximum absolute atomic E-state index is 13.1. The van der Waals surface area contributed by atoms with Crippen molar-refractivity contribution in [1.82, 2.24) is 15.2 Å². The molecule has 2 N–H and O–H groups in total. The zero-order chi connectivity index (χ0) is 22.5. The number of carbonyl (C=O) groups excluding carboxylic acids is 1. The summed E-state index contributed by atoms with van der Waals surface area (Å²) in [4.78, 5) is 21.1. The number of hydrogen-bond acceptors (Lipinski definition) is 3. The van der Waals surface area contributed by atoms with Gasteiger partial charge in [-0.2, -0.15) is 0 Å². The Balaban J connectivity index is 1.46. The largest absolute Gasteiger partial charge is 0.351 e. The molecule has 2 aromatic carbocycles. The van der Waals surface area contributed by atoms with Crippen molar-refractivity contribution in [2.45, 2.75) is 61.8 Å². The lowest BCUT2D eigenvalue weighted by molar-refractivity contribution is 0.0940. The van der Waals surface area contributed by atoms with Gasteiger partial charge in [-0.25, -0.2) is 0 Å². The molecule has 1 fully saturated rings. The van der Waals surface area contributed by atoms with Crippen molar-refractivity contribution in [2.24, 2.45) is 0 Å². The Morgan fingerprint density at radius 2 is 2.03 bits per heavy atom. The lowest BCUT2D eigenvalue weighted by Crippen LogP contribution is -2.40. The van der Waals surface area contributed by atoms with Gasteiger partial charge in [0.25, 0.3) is 5.91 Å². The number of halogens is 1. The number of rotatable bonds is 8. The molecule has 2 heterocycles. The summed E-state index contributed by atoms with van der Waals surface area (Å²) < 4.78 is 0. The van der Waals surface area contributed by atoms with Crippen LogP contribution in [-0.4, -0.2) is 41.5 Å². The molecule has 1 saturated heterocycles. The SMILES string of the molecule is CC[C@@H]1CCCCN1CCCNC(=O)c1[nH]c2cc(C)ccc2c1Sc1ccc(Cl)cc1. The van der Waals surface area contributed by atoms with E-state index in [0.717, 1.165) is 33.7 Å². The van der Waals surface area contributed by atoms with Crippen LogP contribution in [0.1, 0.15) is 55.1 Å². The van der Waals surface area contributed by atoms with Gasteiger partial charge < -0.3 is 15.2 Å². The number of H-pyrrole nitrogens is 1. The lowest BCUT2D eigenvalue weighted by Gasteiger charge is -2.35. The molecule has 0 bridgehead atoms. The highest BCUT2D eigenvalue weighted by atomic mass is 35.5. The number of piperidine rings is 1. The third-order valence-electron chi connectivity index (χ3n) is 6.30. The van der Waals surface area contributed by atoms with Crippen molar-refractivity contribution in [1.29, 1.82) is 0 Å². The first-order chi connectivity index (χ1) is 15.5. The van der Waals surface area contributed by atoms with Gasteiger partial charge in [-0.1, -0.05) is 48.8 Å². The summed E-state index contributed by atoms with van der Waals surface area (Å²) >= 11 is 7.65. The molecule has 1 amide bonds. The van der Waals surface area contributed by atoms with E-state index in [1.165, 1.54) is 37.8 Å². The van der Waals surface area contributed by atoms with E-state index in [1.54, 1.807) is 11.8 Å². The fraction of sp³-hybridized carbons (Fsp3) is 0.423. The van der Waals surface area contributed by atoms with Crippen LogP contribution in [0.2, 0.25) is 5.02 Å². The van der Waals surface area contributed by atoms with Crippen LogP contribution in [0.3, 0.4) is 0 Å². The fourth-order valence-electron chi connectivity index (χ4n) is 4.56. The predicted molar refractivity (Wildman–Crippen MR) is 135 cm³/mol. The second kappa shape index (κ2) is 10.8. The number of aromatic nitrogens is 1. The van der Waals surface area contributed by atoms with E-state index >= 15 is 0 Å². The van der Waals surface area contributed by atoms with Crippen molar-refractivity contribution in [3.05, 3.63) is 58.7 Å². The highest BCUT2D eigenvalue weighted by molar-refractivity contribution is 7.99. The summed E-state index contributed by atoms with van der Waals surface area (Å²) in [7, 11) is 0. The third kappa shape index (κ3) is 5.51. The molecule has 1 atom stereocenters. The average molecular weight is 470 g/mol. The van der Waals surface area contributed by atoms with Crippen molar-refractivity contribution in [2.75, 3.05) is 19.6 Å². The molecule has 4 rings (SSSR count). The first kappa shape index (κ1) is 23.2. The second-order valence-electron chi connectivity index (χ2n) is 8.64. The summed E-state index contributed by atoms with van der Waals surface area (Å²) in [5.74, 6) is -0.0407. The topological polar surface area (TPSA) is 48.1 Å². The smallest absolute Gasteiger partial charge is 0.268 e. The van der Waals surface area contributed by atoms with E-state index in [1.807, 2.05) is 24.3 Å². The molecule has 6 heteroatoms. The maximum atomic E-state index is 13.1. The summed E-state index contributed by atoms with van der Waals surface area (Å²) in [5, 5.41) is 4.93. The number of aryl methyl sites for hydroxylation is 1. The molecule has 0 radical (unpaired) electrons. The van der Waals surface area contributed by atoms with Crippen molar-refractivity contribution < 1.29 is 4.79 Å². The zero-order valence-electron chi connectivity index (χ0n) is 18.9. The third-order valence-corrected chi connectivity index (χ3v) is 7.68. The molecular formula is C26H32ClN3OS. The molecule has 0 saturated carbocycles. The molecule has 3 aromatic rings. The molecule has 32 heavy (non-hydrogen) atoms. The molecule has 1 aliphatic heterocycles. The Bertz CT molecular complexity index is 1060. The number of benzene rings is 2. The Kier molecular flexibility index (Phi) is 7.82. The number of carbonyl (C=O) groups is 1. The Morgan fingerprint density at radius 3 is 2.81 bits per heavy atom. The van der Waals surface area contributed by atoms with Gasteiger partial charge in [0.05, 0.1) is 4.90 Å². The van der Waals surface area contributed by atoms with Gasteiger partial charge in [-0.15, -0.1) is 0 Å². The number of nitrogens with one attached hydrogen (secondary N) is 2. The Morgan fingerprint density at radius 1 is 1.22 bits per heavy atom. The van der Waals surface area contributed by atoms with E-state index in [0.29, 0.717) is 23.3 Å². The zero-order valence-corrected chi connectivity index (χ0v) is 20.5. The van der Waals surface area contributed by atoms with E-state index in [-0.39, 0.29) is 5.91 Å². The van der Waals surface area contributed by atoms with E-state index in [2.05, 4.69) is 47.2 Å². The number of amides is 1. The van der Waals surface area contributed by atoms with Gasteiger partial charge in [0.1, 0.15) is 5.69 Å². The van der Waals surface area contributed by atoms with Gasteiger partial charge in [0.2, 0.25) is 0 Å². The first-order valence-corrected chi connectivity index (χ1v) is 12.8. The van der Waals surface area contributed by atoms with Gasteiger partial charge in [-0.05, 0) is 75.0 Å². The Labute approximate surface area is 200 Å². The van der Waals surface area contributed by atoms with Crippen molar-refractivity contribution in [3.63, 3.8) is 0 Å². The number of likely N-dealkylation sites (tertiary alicyclic amines) is 1. The van der Waals surface area contributed by atoms with Gasteiger partial charge >= 0.3 is 0 Å². The fourth-order valence-corrected chi connectivity index (χ4v) is 5.73. The molecular weight excluding hydrogens is 438 g/mol. The number of fused-ring (bicyclic) bond motifs is 1. The van der Waals surface area contributed by atoms with E-state index in [9.17, 15) is 4.79 Å². The highest BCUT2D eigenvalue weighted by Gasteiger charge is 2.21. The number of nitrogens with zero attached hydrogens (tertiary/aromatic N) is 1. The molecule has 0 unspecified atom stereocenters. The first-order valence-electron chi connectivity index (χ1n) is 11.6. The minimum absolute atomic E-state index is 0.0407. The lowest BCUT2D eigenvalue weighted by atomic mass is 10.00. The number of hydrogen-bond donors (Lipinski definition) is 2. The monoisotopic (exact) mass is 469 g/mol. The van der Waals surface area contributed by atoms with Crippen LogP contribution in [-0.2, 0) is 0 Å². The average Bonchev–Trinajstić information content (AvgIpc) is 3.15. The summed E-state index contributed by atoms with van der Waals surface area (Å²) in [6.07, 6.45) is 6.14. The normalized spacial score (nSPS) is 17.0. The van der Waals surface area contributed by atoms with Crippen LogP contribution >= 0.6 is 23.4 Å². The molecule has 1 aromatic heterocycles. The van der Waals surface area contributed by atoms with Crippen LogP contribution in [0.4, 0.5) is 0 Å². The van der Waals surface area contributed by atoms with Gasteiger partial charge in [-0.3, -0.25) is 4.79 Å². The van der Waals surface area contributed by atoms with Crippen molar-refractivity contribution >= 4 is 40.2 Å². The summed E-state index contributed by atoms with van der Waals surface area (Å²) in [5.41, 5.74) is 2.79. The van der Waals surface area contributed by atoms with Crippen molar-refractivity contribution in [3.8, 4) is 0 Å². The number of aromatic amines is 1. The van der Waals surface area contributed by atoms with Gasteiger partial charge in [0.15, 0.2) is 0 Å². The molecule has 170 valence electrons. The van der Waals surface area contributed by atoms with Crippen LogP contribution in [0.5, 0.6) is 0 Å². The quantitative estimate of drug-likeness (QED) is 0.362. The van der Waals surface area contributed by atoms with E-state index < -0.39 is 0 Å². The molecule has 4 nitrogen and oxygen atoms in total. The van der Waals surface area contributed by atoms with Gasteiger partial charge in [0, 0.05) is 40.0 Å². The second-order valence-corrected chi connectivity index (χ2v) is 10.2. The summed E-state index contributed by atoms with van der Waals surface area (Å²) in [6, 6.07) is 14.7. The minimum atomic E-state index is -0.0407. The Hall–Kier alpha value is -1.95. The van der Waals surface area contributed by atoms with E-state index in [4.69, 9.17) is 11.6 Å². The maximum Gasteiger partial charge on any atom is 0.268 e. The van der Waals surface area contributed by atoms with Crippen LogP contribution < -0.4 is 5.32 Å². The summed E-state index contributed by atoms with van der Waals surface area (Å²) in [6.45, 7) is 7.27.